The molecule has 1 fully saturated rings. The molecule has 17 heavy (non-hydrogen) atoms. The summed E-state index contributed by atoms with van der Waals surface area (Å²) in [6, 6.07) is 6.47. The Hall–Kier alpha value is -1.22. The second-order valence-electron chi connectivity index (χ2n) is 5.19. The maximum atomic E-state index is 9.86. The van der Waals surface area contributed by atoms with Crippen molar-refractivity contribution in [3.05, 3.63) is 23.8 Å². The summed E-state index contributed by atoms with van der Waals surface area (Å²) in [6.45, 7) is 5.32. The number of phenolic OH excluding ortho intramolecular Hbond substituents is 1. The van der Waals surface area contributed by atoms with Crippen LogP contribution in [0.25, 0.3) is 0 Å². The molecule has 0 amide bonds. The van der Waals surface area contributed by atoms with Crippen molar-refractivity contribution in [3.8, 4) is 5.75 Å². The highest BCUT2D eigenvalue weighted by atomic mass is 16.3. The minimum absolute atomic E-state index is 0.351. The van der Waals surface area contributed by atoms with E-state index in [1.165, 1.54) is 19.3 Å². The molecular weight excluding hydrogens is 212 g/mol. The van der Waals surface area contributed by atoms with Crippen LogP contribution in [0.3, 0.4) is 0 Å². The van der Waals surface area contributed by atoms with Crippen molar-refractivity contribution < 1.29 is 5.11 Å². The van der Waals surface area contributed by atoms with Crippen LogP contribution in [-0.2, 0) is 6.54 Å². The number of nitrogens with zero attached hydrogens (tertiary/aromatic N) is 1. The van der Waals surface area contributed by atoms with E-state index in [9.17, 15) is 5.11 Å². The first-order valence-electron chi connectivity index (χ1n) is 6.41. The monoisotopic (exact) mass is 234 g/mol. The van der Waals surface area contributed by atoms with Gasteiger partial charge in [-0.3, -0.25) is 4.90 Å². The molecule has 94 valence electrons. The Kier molecular flexibility index (Phi) is 3.57. The van der Waals surface area contributed by atoms with Gasteiger partial charge in [0, 0.05) is 29.9 Å². The van der Waals surface area contributed by atoms with E-state index in [1.807, 2.05) is 6.07 Å². The lowest BCUT2D eigenvalue weighted by Gasteiger charge is -2.39. The Morgan fingerprint density at radius 3 is 2.59 bits per heavy atom. The first-order chi connectivity index (χ1) is 8.08. The second kappa shape index (κ2) is 4.96. The molecule has 0 saturated carbocycles. The van der Waals surface area contributed by atoms with Crippen LogP contribution in [0.2, 0.25) is 0 Å². The second-order valence-corrected chi connectivity index (χ2v) is 5.19. The zero-order chi connectivity index (χ0) is 12.4. The molecule has 1 aromatic rings. The van der Waals surface area contributed by atoms with E-state index in [0.29, 0.717) is 17.8 Å². The Bertz CT molecular complexity index is 382. The lowest BCUT2D eigenvalue weighted by Crippen LogP contribution is -2.42. The number of hydrogen-bond donors (Lipinski definition) is 2. The molecule has 3 nitrogen and oxygen atoms in total. The van der Waals surface area contributed by atoms with Crippen molar-refractivity contribution in [2.75, 3.05) is 5.73 Å². The SMILES string of the molecule is CC1CCCC(C)N1Cc1cc(N)ccc1O. The summed E-state index contributed by atoms with van der Waals surface area (Å²) >= 11 is 0. The molecule has 3 heteroatoms. The van der Waals surface area contributed by atoms with Gasteiger partial charge < -0.3 is 10.8 Å². The number of phenols is 1. The lowest BCUT2D eigenvalue weighted by atomic mass is 9.96. The summed E-state index contributed by atoms with van der Waals surface area (Å²) in [6.07, 6.45) is 3.79. The highest BCUT2D eigenvalue weighted by molar-refractivity contribution is 5.47. The molecule has 2 atom stereocenters. The molecule has 1 aliphatic heterocycles. The van der Waals surface area contributed by atoms with Gasteiger partial charge in [0.1, 0.15) is 5.75 Å². The topological polar surface area (TPSA) is 49.5 Å². The molecular formula is C14H22N2O. The fraction of sp³-hybridized carbons (Fsp3) is 0.571. The van der Waals surface area contributed by atoms with Crippen LogP contribution in [0.1, 0.15) is 38.7 Å². The van der Waals surface area contributed by atoms with Crippen LogP contribution in [-0.4, -0.2) is 22.1 Å². The highest BCUT2D eigenvalue weighted by Crippen LogP contribution is 2.28. The molecule has 1 aromatic carbocycles. The summed E-state index contributed by atoms with van der Waals surface area (Å²) in [5.74, 6) is 0.351. The van der Waals surface area contributed by atoms with Crippen molar-refractivity contribution in [1.82, 2.24) is 4.90 Å². The smallest absolute Gasteiger partial charge is 0.120 e. The molecule has 2 unspecified atom stereocenters. The van der Waals surface area contributed by atoms with Crippen LogP contribution >= 0.6 is 0 Å². The Balaban J connectivity index is 2.16. The third kappa shape index (κ3) is 2.72. The number of rotatable bonds is 2. The van der Waals surface area contributed by atoms with E-state index in [4.69, 9.17) is 5.73 Å². The number of anilines is 1. The van der Waals surface area contributed by atoms with E-state index in [1.54, 1.807) is 12.1 Å². The number of hydrogen-bond acceptors (Lipinski definition) is 3. The molecule has 1 aliphatic rings. The number of nitrogens with two attached hydrogens (primary N) is 1. The lowest BCUT2D eigenvalue weighted by molar-refractivity contribution is 0.0944. The maximum absolute atomic E-state index is 9.86. The van der Waals surface area contributed by atoms with Crippen molar-refractivity contribution in [2.45, 2.75) is 51.7 Å². The van der Waals surface area contributed by atoms with Gasteiger partial charge in [-0.15, -0.1) is 0 Å². The third-order valence-corrected chi connectivity index (χ3v) is 3.83. The van der Waals surface area contributed by atoms with Gasteiger partial charge in [-0.2, -0.15) is 0 Å². The predicted molar refractivity (Wildman–Crippen MR) is 70.8 cm³/mol. The fourth-order valence-corrected chi connectivity index (χ4v) is 2.72. The number of likely N-dealkylation sites (tertiary alicyclic amines) is 1. The first-order valence-corrected chi connectivity index (χ1v) is 6.41. The summed E-state index contributed by atoms with van der Waals surface area (Å²) < 4.78 is 0. The molecule has 1 heterocycles. The van der Waals surface area contributed by atoms with Crippen LogP contribution in [0.5, 0.6) is 5.75 Å². The Morgan fingerprint density at radius 2 is 1.94 bits per heavy atom. The molecule has 0 aromatic heterocycles. The number of aromatic hydroxyl groups is 1. The largest absolute Gasteiger partial charge is 0.508 e. The average Bonchev–Trinajstić information content (AvgIpc) is 2.28. The van der Waals surface area contributed by atoms with E-state index >= 15 is 0 Å². The van der Waals surface area contributed by atoms with Crippen molar-refractivity contribution >= 4 is 5.69 Å². The van der Waals surface area contributed by atoms with E-state index in [0.717, 1.165) is 17.8 Å². The summed E-state index contributed by atoms with van der Waals surface area (Å²) in [4.78, 5) is 2.46. The van der Waals surface area contributed by atoms with Gasteiger partial charge in [0.25, 0.3) is 0 Å². The summed E-state index contributed by atoms with van der Waals surface area (Å²) in [7, 11) is 0. The van der Waals surface area contributed by atoms with Gasteiger partial charge in [-0.25, -0.2) is 0 Å². The molecule has 1 saturated heterocycles. The molecule has 0 spiro atoms. The highest BCUT2D eigenvalue weighted by Gasteiger charge is 2.25. The van der Waals surface area contributed by atoms with E-state index in [-0.39, 0.29) is 0 Å². The molecule has 2 rings (SSSR count). The minimum atomic E-state index is 0.351. The Labute approximate surface area is 103 Å². The van der Waals surface area contributed by atoms with Crippen molar-refractivity contribution in [1.29, 1.82) is 0 Å². The normalized spacial score (nSPS) is 26.0. The fourth-order valence-electron chi connectivity index (χ4n) is 2.72. The number of piperidine rings is 1. The molecule has 0 radical (unpaired) electrons. The molecule has 0 aliphatic carbocycles. The maximum Gasteiger partial charge on any atom is 0.120 e. The van der Waals surface area contributed by atoms with Gasteiger partial charge in [-0.1, -0.05) is 6.42 Å². The number of benzene rings is 1. The molecule has 3 N–H and O–H groups in total. The van der Waals surface area contributed by atoms with Crippen LogP contribution in [0.15, 0.2) is 18.2 Å². The van der Waals surface area contributed by atoms with Crippen LogP contribution < -0.4 is 5.73 Å². The van der Waals surface area contributed by atoms with Gasteiger partial charge in [-0.05, 0) is 44.9 Å². The van der Waals surface area contributed by atoms with Gasteiger partial charge >= 0.3 is 0 Å². The van der Waals surface area contributed by atoms with Gasteiger partial charge in [0.2, 0.25) is 0 Å². The minimum Gasteiger partial charge on any atom is -0.508 e. The van der Waals surface area contributed by atoms with Gasteiger partial charge in [0.15, 0.2) is 0 Å². The predicted octanol–water partition coefficient (Wildman–Crippen LogP) is 2.74. The van der Waals surface area contributed by atoms with Crippen molar-refractivity contribution in [2.24, 2.45) is 0 Å². The zero-order valence-corrected chi connectivity index (χ0v) is 10.7. The zero-order valence-electron chi connectivity index (χ0n) is 10.7. The third-order valence-electron chi connectivity index (χ3n) is 3.83. The van der Waals surface area contributed by atoms with Gasteiger partial charge in [0.05, 0.1) is 0 Å². The van der Waals surface area contributed by atoms with E-state index in [2.05, 4.69) is 18.7 Å². The quantitative estimate of drug-likeness (QED) is 0.611. The average molecular weight is 234 g/mol. The molecule has 0 bridgehead atoms. The number of nitrogen functional groups attached to an aromatic ring is 1. The summed E-state index contributed by atoms with van der Waals surface area (Å²) in [5, 5.41) is 9.86. The Morgan fingerprint density at radius 1 is 1.29 bits per heavy atom. The summed E-state index contributed by atoms with van der Waals surface area (Å²) in [5.41, 5.74) is 7.43. The van der Waals surface area contributed by atoms with Crippen LogP contribution in [0.4, 0.5) is 5.69 Å². The standard InChI is InChI=1S/C14H22N2O/c1-10-4-3-5-11(2)16(10)9-12-8-13(15)6-7-14(12)17/h6-8,10-11,17H,3-5,9,15H2,1-2H3. The van der Waals surface area contributed by atoms with Crippen molar-refractivity contribution in [3.63, 3.8) is 0 Å². The van der Waals surface area contributed by atoms with Crippen LogP contribution in [0, 0.1) is 0 Å². The van der Waals surface area contributed by atoms with E-state index < -0.39 is 0 Å². The first kappa shape index (κ1) is 12.2.